The summed E-state index contributed by atoms with van der Waals surface area (Å²) < 4.78 is 5.43. The number of benzene rings is 2. The van der Waals surface area contributed by atoms with Crippen LogP contribution < -0.4 is 10.5 Å². The molecular formula is C20H17ClN4O. The lowest BCUT2D eigenvalue weighted by Crippen LogP contribution is -2.01. The number of nitrogens with two attached hydrogens (primary N) is 1. The molecule has 0 aliphatic rings. The number of rotatable bonds is 4. The fourth-order valence-electron chi connectivity index (χ4n) is 3.04. The summed E-state index contributed by atoms with van der Waals surface area (Å²) in [5, 5.41) is 1.03. The van der Waals surface area contributed by atoms with E-state index in [1.54, 1.807) is 13.3 Å². The molecule has 0 radical (unpaired) electrons. The van der Waals surface area contributed by atoms with E-state index in [-0.39, 0.29) is 0 Å². The third-order valence-corrected chi connectivity index (χ3v) is 4.51. The Kier molecular flexibility index (Phi) is 4.31. The lowest BCUT2D eigenvalue weighted by Gasteiger charge is -2.11. The molecule has 6 heteroatoms. The minimum absolute atomic E-state index is 0.363. The van der Waals surface area contributed by atoms with E-state index in [2.05, 4.69) is 9.97 Å². The summed E-state index contributed by atoms with van der Waals surface area (Å²) in [7, 11) is 1.63. The molecule has 2 aromatic heterocycles. The highest BCUT2D eigenvalue weighted by Gasteiger charge is 2.13. The SMILES string of the molecule is COc1cc2nc(N)c(-c3cnc4ccccc4c3)nc2cc1CCCl. The maximum atomic E-state index is 6.19. The number of halogens is 1. The first kappa shape index (κ1) is 16.5. The van der Waals surface area contributed by atoms with Gasteiger partial charge >= 0.3 is 0 Å². The Balaban J connectivity index is 1.89. The number of fused-ring (bicyclic) bond motifs is 2. The van der Waals surface area contributed by atoms with Crippen LogP contribution in [0.5, 0.6) is 5.75 Å². The summed E-state index contributed by atoms with van der Waals surface area (Å²) >= 11 is 5.90. The fraction of sp³-hybridized carbons (Fsp3) is 0.150. The Hall–Kier alpha value is -2.92. The van der Waals surface area contributed by atoms with Gasteiger partial charge in [0.05, 0.1) is 23.7 Å². The number of ether oxygens (including phenoxy) is 1. The summed E-state index contributed by atoms with van der Waals surface area (Å²) in [6.07, 6.45) is 2.47. The van der Waals surface area contributed by atoms with Gasteiger partial charge in [-0.2, -0.15) is 0 Å². The smallest absolute Gasteiger partial charge is 0.150 e. The number of nitrogens with zero attached hydrogens (tertiary/aromatic N) is 3. The van der Waals surface area contributed by atoms with Crippen LogP contribution in [0.2, 0.25) is 0 Å². The molecule has 4 aromatic rings. The molecule has 0 atom stereocenters. The summed E-state index contributed by atoms with van der Waals surface area (Å²) in [6.45, 7) is 0. The Bertz CT molecular complexity index is 1110. The first-order chi connectivity index (χ1) is 12.7. The zero-order valence-corrected chi connectivity index (χ0v) is 15.0. The third kappa shape index (κ3) is 2.91. The second-order valence-electron chi connectivity index (χ2n) is 5.97. The number of anilines is 1. The number of alkyl halides is 1. The van der Waals surface area contributed by atoms with Crippen LogP contribution >= 0.6 is 11.6 Å². The molecule has 0 aliphatic carbocycles. The molecule has 5 nitrogen and oxygen atoms in total. The van der Waals surface area contributed by atoms with E-state index in [0.29, 0.717) is 29.3 Å². The van der Waals surface area contributed by atoms with E-state index in [4.69, 9.17) is 27.1 Å². The summed E-state index contributed by atoms with van der Waals surface area (Å²) in [4.78, 5) is 13.8. The van der Waals surface area contributed by atoms with Gasteiger partial charge in [-0.3, -0.25) is 4.98 Å². The Labute approximate surface area is 155 Å². The predicted octanol–water partition coefficient (Wildman–Crippen LogP) is 4.22. The van der Waals surface area contributed by atoms with Crippen molar-refractivity contribution in [1.29, 1.82) is 0 Å². The van der Waals surface area contributed by atoms with Gasteiger partial charge in [0.2, 0.25) is 0 Å². The standard InChI is InChI=1S/C20H17ClN4O/c1-26-18-10-17-16(9-13(18)6-7-21)24-19(20(22)25-17)14-8-12-4-2-3-5-15(12)23-11-14/h2-5,8-11H,6-7H2,1H3,(H2,22,25). The molecule has 2 heterocycles. The maximum absolute atomic E-state index is 6.19. The first-order valence-electron chi connectivity index (χ1n) is 8.25. The number of hydrogen-bond acceptors (Lipinski definition) is 5. The zero-order chi connectivity index (χ0) is 18.1. The largest absolute Gasteiger partial charge is 0.496 e. The van der Waals surface area contributed by atoms with Crippen molar-refractivity contribution >= 4 is 39.4 Å². The molecule has 4 rings (SSSR count). The number of methoxy groups -OCH3 is 1. The molecule has 130 valence electrons. The summed E-state index contributed by atoms with van der Waals surface area (Å²) in [6, 6.07) is 13.8. The molecule has 0 amide bonds. The van der Waals surface area contributed by atoms with Gasteiger partial charge < -0.3 is 10.5 Å². The van der Waals surface area contributed by atoms with Gasteiger partial charge in [0.25, 0.3) is 0 Å². The van der Waals surface area contributed by atoms with Gasteiger partial charge in [-0.15, -0.1) is 11.6 Å². The van der Waals surface area contributed by atoms with E-state index in [1.807, 2.05) is 42.5 Å². The van der Waals surface area contributed by atoms with Crippen LogP contribution in [-0.4, -0.2) is 27.9 Å². The molecule has 0 saturated heterocycles. The number of aryl methyl sites for hydroxylation is 1. The van der Waals surface area contributed by atoms with E-state index in [0.717, 1.165) is 33.3 Å². The Morgan fingerprint density at radius 1 is 1.04 bits per heavy atom. The second-order valence-corrected chi connectivity index (χ2v) is 6.34. The summed E-state index contributed by atoms with van der Waals surface area (Å²) in [5.74, 6) is 1.61. The van der Waals surface area contributed by atoms with Gasteiger partial charge in [0.15, 0.2) is 5.82 Å². The average Bonchev–Trinajstić information content (AvgIpc) is 2.67. The van der Waals surface area contributed by atoms with Crippen molar-refractivity contribution < 1.29 is 4.74 Å². The van der Waals surface area contributed by atoms with E-state index in [9.17, 15) is 0 Å². The number of para-hydroxylation sites is 1. The average molecular weight is 365 g/mol. The van der Waals surface area contributed by atoms with Crippen molar-refractivity contribution in [1.82, 2.24) is 15.0 Å². The van der Waals surface area contributed by atoms with Crippen molar-refractivity contribution in [2.45, 2.75) is 6.42 Å². The van der Waals surface area contributed by atoms with Crippen LogP contribution in [0.25, 0.3) is 33.2 Å². The minimum atomic E-state index is 0.363. The van der Waals surface area contributed by atoms with Crippen molar-refractivity contribution in [2.75, 3.05) is 18.7 Å². The molecule has 0 spiro atoms. The molecule has 0 unspecified atom stereocenters. The van der Waals surface area contributed by atoms with Gasteiger partial charge in [-0.05, 0) is 30.2 Å². The first-order valence-corrected chi connectivity index (χ1v) is 8.78. The van der Waals surface area contributed by atoms with E-state index in [1.165, 1.54) is 0 Å². The highest BCUT2D eigenvalue weighted by molar-refractivity contribution is 6.18. The van der Waals surface area contributed by atoms with Crippen LogP contribution in [0.1, 0.15) is 5.56 Å². The predicted molar refractivity (Wildman–Crippen MR) is 106 cm³/mol. The van der Waals surface area contributed by atoms with Crippen molar-refractivity contribution in [3.8, 4) is 17.0 Å². The van der Waals surface area contributed by atoms with Gasteiger partial charge in [0, 0.05) is 29.1 Å². The molecule has 26 heavy (non-hydrogen) atoms. The Morgan fingerprint density at radius 2 is 1.85 bits per heavy atom. The van der Waals surface area contributed by atoms with Gasteiger partial charge in [0.1, 0.15) is 11.4 Å². The highest BCUT2D eigenvalue weighted by Crippen LogP contribution is 2.30. The van der Waals surface area contributed by atoms with Crippen LogP contribution in [0.4, 0.5) is 5.82 Å². The zero-order valence-electron chi connectivity index (χ0n) is 14.2. The van der Waals surface area contributed by atoms with Crippen LogP contribution in [-0.2, 0) is 6.42 Å². The highest BCUT2D eigenvalue weighted by atomic mass is 35.5. The number of aromatic nitrogens is 3. The molecule has 0 aliphatic heterocycles. The molecule has 0 saturated carbocycles. The number of nitrogen functional groups attached to an aromatic ring is 1. The molecular weight excluding hydrogens is 348 g/mol. The molecule has 2 N–H and O–H groups in total. The second kappa shape index (κ2) is 6.77. The van der Waals surface area contributed by atoms with E-state index < -0.39 is 0 Å². The number of hydrogen-bond donors (Lipinski definition) is 1. The number of pyridine rings is 1. The maximum Gasteiger partial charge on any atom is 0.150 e. The van der Waals surface area contributed by atoms with Crippen molar-refractivity contribution in [3.05, 3.63) is 54.2 Å². The molecule has 0 bridgehead atoms. The van der Waals surface area contributed by atoms with Crippen LogP contribution in [0, 0.1) is 0 Å². The quantitative estimate of drug-likeness (QED) is 0.549. The lowest BCUT2D eigenvalue weighted by atomic mass is 10.1. The van der Waals surface area contributed by atoms with Gasteiger partial charge in [-0.25, -0.2) is 9.97 Å². The topological polar surface area (TPSA) is 73.9 Å². The Morgan fingerprint density at radius 3 is 2.65 bits per heavy atom. The fourth-order valence-corrected chi connectivity index (χ4v) is 3.24. The molecule has 0 fully saturated rings. The van der Waals surface area contributed by atoms with Crippen LogP contribution in [0.15, 0.2) is 48.7 Å². The normalized spacial score (nSPS) is 11.2. The minimum Gasteiger partial charge on any atom is -0.496 e. The van der Waals surface area contributed by atoms with Crippen molar-refractivity contribution in [2.24, 2.45) is 0 Å². The monoisotopic (exact) mass is 364 g/mol. The lowest BCUT2D eigenvalue weighted by molar-refractivity contribution is 0.411. The third-order valence-electron chi connectivity index (χ3n) is 4.32. The van der Waals surface area contributed by atoms with Crippen molar-refractivity contribution in [3.63, 3.8) is 0 Å². The molecule has 2 aromatic carbocycles. The van der Waals surface area contributed by atoms with Gasteiger partial charge in [-0.1, -0.05) is 18.2 Å². The van der Waals surface area contributed by atoms with E-state index >= 15 is 0 Å². The van der Waals surface area contributed by atoms with Crippen LogP contribution in [0.3, 0.4) is 0 Å². The summed E-state index contributed by atoms with van der Waals surface area (Å²) in [5.41, 5.74) is 11.0.